The molecule has 0 aromatic heterocycles. The Balaban J connectivity index is 1.40. The van der Waals surface area contributed by atoms with Gasteiger partial charge in [0.05, 0.1) is 0 Å². The Morgan fingerprint density at radius 3 is 2.56 bits per heavy atom. The molecular formula is C19H27F2N3O. The maximum atomic E-state index is 13.3. The smallest absolute Gasteiger partial charge is 0.220 e. The number of hydrogen-bond donors (Lipinski definition) is 2. The van der Waals surface area contributed by atoms with Crippen molar-refractivity contribution in [2.75, 3.05) is 13.1 Å². The first-order valence-corrected chi connectivity index (χ1v) is 9.22. The summed E-state index contributed by atoms with van der Waals surface area (Å²) in [4.78, 5) is 14.4. The molecule has 6 heteroatoms. The third kappa shape index (κ3) is 4.98. The quantitative estimate of drug-likeness (QED) is 0.857. The number of carbonyl (C=O) groups excluding carboxylic acids is 1. The van der Waals surface area contributed by atoms with Crippen LogP contribution in [0.4, 0.5) is 8.78 Å². The van der Waals surface area contributed by atoms with E-state index in [9.17, 15) is 13.6 Å². The molecule has 0 radical (unpaired) electrons. The molecule has 0 unspecified atom stereocenters. The highest BCUT2D eigenvalue weighted by Gasteiger charge is 2.27. The summed E-state index contributed by atoms with van der Waals surface area (Å²) in [6.07, 6.45) is 5.51. The second kappa shape index (κ2) is 8.23. The number of nitrogens with two attached hydrogens (primary N) is 1. The maximum absolute atomic E-state index is 13.3. The summed E-state index contributed by atoms with van der Waals surface area (Å²) >= 11 is 0. The molecule has 2 aliphatic rings. The van der Waals surface area contributed by atoms with Crippen molar-refractivity contribution in [2.24, 2.45) is 11.7 Å². The van der Waals surface area contributed by atoms with Crippen LogP contribution in [0.1, 0.15) is 44.1 Å². The normalized spacial score (nSPS) is 25.2. The minimum atomic E-state index is -0.813. The van der Waals surface area contributed by atoms with Crippen LogP contribution in [0.2, 0.25) is 0 Å². The highest BCUT2D eigenvalue weighted by Crippen LogP contribution is 2.27. The van der Waals surface area contributed by atoms with Gasteiger partial charge >= 0.3 is 0 Å². The van der Waals surface area contributed by atoms with E-state index in [1.165, 1.54) is 12.1 Å². The summed E-state index contributed by atoms with van der Waals surface area (Å²) in [6, 6.07) is 4.42. The molecule has 138 valence electrons. The van der Waals surface area contributed by atoms with Gasteiger partial charge in [-0.2, -0.15) is 0 Å². The van der Waals surface area contributed by atoms with E-state index in [0.717, 1.165) is 50.8 Å². The van der Waals surface area contributed by atoms with E-state index < -0.39 is 11.6 Å². The van der Waals surface area contributed by atoms with Gasteiger partial charge in [-0.25, -0.2) is 8.78 Å². The SMILES string of the molecule is N[C@@H]1CCC[C@H]1CC(=O)NC1CCN(Cc2ccc(F)c(F)c2)CC1. The van der Waals surface area contributed by atoms with E-state index in [4.69, 9.17) is 5.73 Å². The molecule has 25 heavy (non-hydrogen) atoms. The van der Waals surface area contributed by atoms with Crippen LogP contribution in [0, 0.1) is 17.6 Å². The Bertz CT molecular complexity index is 602. The van der Waals surface area contributed by atoms with E-state index in [-0.39, 0.29) is 18.0 Å². The number of rotatable bonds is 5. The standard InChI is InChI=1S/C19H27F2N3O/c20-16-5-4-13(10-17(16)21)12-24-8-6-15(7-9-24)23-19(25)11-14-2-1-3-18(14)22/h4-5,10,14-15,18H,1-3,6-9,11-12,22H2,(H,23,25)/t14-,18+/m0/s1. The zero-order valence-electron chi connectivity index (χ0n) is 14.5. The van der Waals surface area contributed by atoms with Gasteiger partial charge in [-0.05, 0) is 49.3 Å². The summed E-state index contributed by atoms with van der Waals surface area (Å²) in [7, 11) is 0. The Morgan fingerprint density at radius 2 is 1.92 bits per heavy atom. The monoisotopic (exact) mass is 351 g/mol. The van der Waals surface area contributed by atoms with Gasteiger partial charge in [0.15, 0.2) is 11.6 Å². The third-order valence-electron chi connectivity index (χ3n) is 5.51. The molecule has 0 bridgehead atoms. The van der Waals surface area contributed by atoms with Crippen molar-refractivity contribution in [3.8, 4) is 0 Å². The van der Waals surface area contributed by atoms with Crippen molar-refractivity contribution in [1.82, 2.24) is 10.2 Å². The number of halogens is 2. The molecule has 1 aromatic rings. The molecule has 1 amide bonds. The summed E-state index contributed by atoms with van der Waals surface area (Å²) in [5, 5.41) is 3.14. The lowest BCUT2D eigenvalue weighted by Crippen LogP contribution is -2.45. The number of carbonyl (C=O) groups is 1. The van der Waals surface area contributed by atoms with Gasteiger partial charge in [0.2, 0.25) is 5.91 Å². The van der Waals surface area contributed by atoms with Gasteiger partial charge in [-0.15, -0.1) is 0 Å². The average molecular weight is 351 g/mol. The number of piperidine rings is 1. The van der Waals surface area contributed by atoms with Gasteiger partial charge in [0, 0.05) is 38.1 Å². The van der Waals surface area contributed by atoms with Crippen LogP contribution >= 0.6 is 0 Å². The number of amides is 1. The molecule has 2 atom stereocenters. The van der Waals surface area contributed by atoms with Crippen molar-refractivity contribution in [3.63, 3.8) is 0 Å². The van der Waals surface area contributed by atoms with Crippen LogP contribution in [0.5, 0.6) is 0 Å². The summed E-state index contributed by atoms with van der Waals surface area (Å²) < 4.78 is 26.3. The molecule has 3 rings (SSSR count). The zero-order chi connectivity index (χ0) is 17.8. The minimum Gasteiger partial charge on any atom is -0.353 e. The molecular weight excluding hydrogens is 324 g/mol. The fourth-order valence-electron chi connectivity index (χ4n) is 3.98. The van der Waals surface area contributed by atoms with E-state index >= 15 is 0 Å². The Morgan fingerprint density at radius 1 is 1.16 bits per heavy atom. The van der Waals surface area contributed by atoms with Crippen LogP contribution in [0.15, 0.2) is 18.2 Å². The van der Waals surface area contributed by atoms with Crippen LogP contribution in [-0.4, -0.2) is 36.0 Å². The topological polar surface area (TPSA) is 58.4 Å². The van der Waals surface area contributed by atoms with Gasteiger partial charge in [-0.1, -0.05) is 12.5 Å². The number of hydrogen-bond acceptors (Lipinski definition) is 3. The molecule has 1 aromatic carbocycles. The molecule has 1 heterocycles. The average Bonchev–Trinajstić information content (AvgIpc) is 2.98. The van der Waals surface area contributed by atoms with Crippen molar-refractivity contribution in [2.45, 2.75) is 57.2 Å². The van der Waals surface area contributed by atoms with Crippen LogP contribution in [0.3, 0.4) is 0 Å². The Labute approximate surface area is 147 Å². The van der Waals surface area contributed by atoms with E-state index in [0.29, 0.717) is 18.9 Å². The lowest BCUT2D eigenvalue weighted by molar-refractivity contribution is -0.123. The predicted molar refractivity (Wildman–Crippen MR) is 92.7 cm³/mol. The van der Waals surface area contributed by atoms with E-state index in [1.807, 2.05) is 0 Å². The zero-order valence-corrected chi connectivity index (χ0v) is 14.5. The van der Waals surface area contributed by atoms with Crippen molar-refractivity contribution >= 4 is 5.91 Å². The van der Waals surface area contributed by atoms with Crippen molar-refractivity contribution < 1.29 is 13.6 Å². The minimum absolute atomic E-state index is 0.112. The van der Waals surface area contributed by atoms with Gasteiger partial charge in [0.1, 0.15) is 0 Å². The molecule has 1 aliphatic heterocycles. The maximum Gasteiger partial charge on any atom is 0.220 e. The second-order valence-electron chi connectivity index (χ2n) is 7.43. The second-order valence-corrected chi connectivity index (χ2v) is 7.43. The first kappa shape index (κ1) is 18.3. The summed E-state index contributed by atoms with van der Waals surface area (Å²) in [5.74, 6) is -1.17. The first-order valence-electron chi connectivity index (χ1n) is 9.22. The van der Waals surface area contributed by atoms with Gasteiger partial charge in [0.25, 0.3) is 0 Å². The molecule has 1 aliphatic carbocycles. The fraction of sp³-hybridized carbons (Fsp3) is 0.632. The number of benzene rings is 1. The lowest BCUT2D eigenvalue weighted by atomic mass is 9.98. The molecule has 4 nitrogen and oxygen atoms in total. The van der Waals surface area contributed by atoms with E-state index in [2.05, 4.69) is 10.2 Å². The van der Waals surface area contributed by atoms with Crippen LogP contribution in [0.25, 0.3) is 0 Å². The number of likely N-dealkylation sites (tertiary alicyclic amines) is 1. The fourth-order valence-corrected chi connectivity index (χ4v) is 3.98. The molecule has 2 fully saturated rings. The Hall–Kier alpha value is -1.53. The lowest BCUT2D eigenvalue weighted by Gasteiger charge is -2.32. The Kier molecular flexibility index (Phi) is 6.02. The highest BCUT2D eigenvalue weighted by molar-refractivity contribution is 5.76. The largest absolute Gasteiger partial charge is 0.353 e. The molecule has 1 saturated carbocycles. The summed E-state index contributed by atoms with van der Waals surface area (Å²) in [6.45, 7) is 2.29. The third-order valence-corrected chi connectivity index (χ3v) is 5.51. The summed E-state index contributed by atoms with van der Waals surface area (Å²) in [5.41, 5.74) is 6.81. The van der Waals surface area contributed by atoms with E-state index in [1.54, 1.807) is 6.07 Å². The predicted octanol–water partition coefficient (Wildman–Crippen LogP) is 2.56. The van der Waals surface area contributed by atoms with Crippen molar-refractivity contribution in [1.29, 1.82) is 0 Å². The van der Waals surface area contributed by atoms with Crippen LogP contribution < -0.4 is 11.1 Å². The van der Waals surface area contributed by atoms with Crippen LogP contribution in [-0.2, 0) is 11.3 Å². The van der Waals surface area contributed by atoms with Gasteiger partial charge < -0.3 is 11.1 Å². The van der Waals surface area contributed by atoms with Crippen molar-refractivity contribution in [3.05, 3.63) is 35.4 Å². The molecule has 0 spiro atoms. The first-order chi connectivity index (χ1) is 12.0. The molecule has 1 saturated heterocycles. The van der Waals surface area contributed by atoms with Gasteiger partial charge in [-0.3, -0.25) is 9.69 Å². The number of nitrogens with one attached hydrogen (secondary N) is 1. The molecule has 3 N–H and O–H groups in total. The number of nitrogens with zero attached hydrogens (tertiary/aromatic N) is 1. The highest BCUT2D eigenvalue weighted by atomic mass is 19.2.